The van der Waals surface area contributed by atoms with Gasteiger partial charge in [-0.05, 0) is 31.2 Å². The standard InChI is InChI=1S/C16H22O/c1-13-12-16(17-13,14-8-4-2-5-9-14)15-10-6-3-7-11-15/h2,4-5,8-9,13,15H,3,6-7,10-12H2,1H3. The van der Waals surface area contributed by atoms with Gasteiger partial charge in [0.2, 0.25) is 0 Å². The van der Waals surface area contributed by atoms with E-state index in [1.807, 2.05) is 0 Å². The Bertz CT molecular complexity index is 358. The van der Waals surface area contributed by atoms with E-state index < -0.39 is 0 Å². The summed E-state index contributed by atoms with van der Waals surface area (Å²) >= 11 is 0. The predicted octanol–water partition coefficient (Wildman–Crippen LogP) is 4.27. The molecule has 2 aliphatic rings. The molecule has 1 aliphatic heterocycles. The lowest BCUT2D eigenvalue weighted by Crippen LogP contribution is -2.52. The second-order valence-corrected chi connectivity index (χ2v) is 5.72. The van der Waals surface area contributed by atoms with Gasteiger partial charge in [-0.3, -0.25) is 0 Å². The molecule has 1 nitrogen and oxygen atoms in total. The summed E-state index contributed by atoms with van der Waals surface area (Å²) in [7, 11) is 0. The fourth-order valence-corrected chi connectivity index (χ4v) is 3.75. The Labute approximate surface area is 104 Å². The zero-order valence-corrected chi connectivity index (χ0v) is 10.7. The maximum atomic E-state index is 6.25. The monoisotopic (exact) mass is 230 g/mol. The van der Waals surface area contributed by atoms with Crippen LogP contribution in [0.1, 0.15) is 51.0 Å². The maximum Gasteiger partial charge on any atom is 0.0987 e. The van der Waals surface area contributed by atoms with Crippen LogP contribution in [0, 0.1) is 5.92 Å². The fourth-order valence-electron chi connectivity index (χ4n) is 3.75. The summed E-state index contributed by atoms with van der Waals surface area (Å²) in [4.78, 5) is 0. The molecule has 0 radical (unpaired) electrons. The van der Waals surface area contributed by atoms with Crippen LogP contribution in [-0.4, -0.2) is 6.10 Å². The van der Waals surface area contributed by atoms with Crippen molar-refractivity contribution in [1.29, 1.82) is 0 Å². The third-order valence-electron chi connectivity index (χ3n) is 4.53. The van der Waals surface area contributed by atoms with Crippen molar-refractivity contribution in [1.82, 2.24) is 0 Å². The van der Waals surface area contributed by atoms with Crippen LogP contribution in [0.15, 0.2) is 30.3 Å². The van der Waals surface area contributed by atoms with Gasteiger partial charge in [0.15, 0.2) is 0 Å². The summed E-state index contributed by atoms with van der Waals surface area (Å²) in [5.41, 5.74) is 1.46. The molecule has 1 aliphatic carbocycles. The minimum absolute atomic E-state index is 0.0566. The quantitative estimate of drug-likeness (QED) is 0.737. The molecule has 0 N–H and O–H groups in total. The van der Waals surface area contributed by atoms with E-state index in [1.54, 1.807) is 0 Å². The first-order valence-electron chi connectivity index (χ1n) is 7.04. The van der Waals surface area contributed by atoms with Crippen molar-refractivity contribution >= 4 is 0 Å². The smallest absolute Gasteiger partial charge is 0.0987 e. The highest BCUT2D eigenvalue weighted by atomic mass is 16.5. The molecule has 1 saturated heterocycles. The molecule has 1 aromatic carbocycles. The van der Waals surface area contributed by atoms with Gasteiger partial charge >= 0.3 is 0 Å². The second kappa shape index (κ2) is 4.45. The number of benzene rings is 1. The Morgan fingerprint density at radius 1 is 1.06 bits per heavy atom. The first-order chi connectivity index (χ1) is 8.31. The fraction of sp³-hybridized carbons (Fsp3) is 0.625. The first kappa shape index (κ1) is 11.3. The Morgan fingerprint density at radius 2 is 1.71 bits per heavy atom. The molecule has 0 amide bonds. The van der Waals surface area contributed by atoms with Crippen LogP contribution < -0.4 is 0 Å². The minimum Gasteiger partial charge on any atom is -0.367 e. The Hall–Kier alpha value is -0.820. The summed E-state index contributed by atoms with van der Waals surface area (Å²) < 4.78 is 6.25. The van der Waals surface area contributed by atoms with Gasteiger partial charge in [-0.15, -0.1) is 0 Å². The zero-order chi connectivity index (χ0) is 11.7. The molecule has 2 unspecified atom stereocenters. The van der Waals surface area contributed by atoms with Crippen molar-refractivity contribution in [2.24, 2.45) is 5.92 Å². The van der Waals surface area contributed by atoms with Crippen LogP contribution in [0.5, 0.6) is 0 Å². The lowest BCUT2D eigenvalue weighted by Gasteiger charge is -2.53. The van der Waals surface area contributed by atoms with E-state index in [1.165, 1.54) is 44.1 Å². The summed E-state index contributed by atoms with van der Waals surface area (Å²) in [6.45, 7) is 2.20. The molecule has 0 spiro atoms. The molecule has 1 heterocycles. The third kappa shape index (κ3) is 1.91. The Morgan fingerprint density at radius 3 is 2.29 bits per heavy atom. The van der Waals surface area contributed by atoms with Crippen LogP contribution in [0.3, 0.4) is 0 Å². The van der Waals surface area contributed by atoms with Gasteiger partial charge in [-0.25, -0.2) is 0 Å². The van der Waals surface area contributed by atoms with E-state index >= 15 is 0 Å². The lowest BCUT2D eigenvalue weighted by atomic mass is 9.68. The normalized spacial score (nSPS) is 34.3. The molecule has 92 valence electrons. The summed E-state index contributed by atoms with van der Waals surface area (Å²) in [6, 6.07) is 10.9. The van der Waals surface area contributed by atoms with Gasteiger partial charge in [0.25, 0.3) is 0 Å². The maximum absolute atomic E-state index is 6.25. The Kier molecular flexibility index (Phi) is 2.96. The number of ether oxygens (including phenoxy) is 1. The summed E-state index contributed by atoms with van der Waals surface area (Å²) in [5, 5.41) is 0. The number of hydrogen-bond acceptors (Lipinski definition) is 1. The molecular formula is C16H22O. The van der Waals surface area contributed by atoms with E-state index in [0.29, 0.717) is 6.10 Å². The van der Waals surface area contributed by atoms with Crippen LogP contribution in [0.4, 0.5) is 0 Å². The molecule has 0 bridgehead atoms. The second-order valence-electron chi connectivity index (χ2n) is 5.72. The van der Waals surface area contributed by atoms with Crippen LogP contribution in [0.25, 0.3) is 0 Å². The number of hydrogen-bond donors (Lipinski definition) is 0. The van der Waals surface area contributed by atoms with Gasteiger partial charge in [0.05, 0.1) is 11.7 Å². The SMILES string of the molecule is CC1CC(c2ccccc2)(C2CCCCC2)O1. The molecule has 0 aromatic heterocycles. The average molecular weight is 230 g/mol. The van der Waals surface area contributed by atoms with Crippen LogP contribution in [-0.2, 0) is 10.3 Å². The highest BCUT2D eigenvalue weighted by Gasteiger charge is 2.50. The molecular weight excluding hydrogens is 208 g/mol. The van der Waals surface area contributed by atoms with Crippen molar-refractivity contribution < 1.29 is 4.74 Å². The van der Waals surface area contributed by atoms with Gasteiger partial charge in [-0.2, -0.15) is 0 Å². The average Bonchev–Trinajstić information content (AvgIpc) is 2.37. The predicted molar refractivity (Wildman–Crippen MR) is 69.9 cm³/mol. The summed E-state index contributed by atoms with van der Waals surface area (Å²) in [6.07, 6.45) is 8.53. The first-order valence-corrected chi connectivity index (χ1v) is 7.04. The van der Waals surface area contributed by atoms with Crippen molar-refractivity contribution in [3.8, 4) is 0 Å². The van der Waals surface area contributed by atoms with E-state index in [4.69, 9.17) is 4.74 Å². The van der Waals surface area contributed by atoms with Crippen LogP contribution >= 0.6 is 0 Å². The number of rotatable bonds is 2. The van der Waals surface area contributed by atoms with Crippen LogP contribution in [0.2, 0.25) is 0 Å². The van der Waals surface area contributed by atoms with Crippen molar-refractivity contribution in [2.45, 2.75) is 57.2 Å². The van der Waals surface area contributed by atoms with E-state index in [2.05, 4.69) is 37.3 Å². The highest BCUT2D eigenvalue weighted by Crippen LogP contribution is 2.51. The van der Waals surface area contributed by atoms with Crippen molar-refractivity contribution in [2.75, 3.05) is 0 Å². The zero-order valence-electron chi connectivity index (χ0n) is 10.7. The van der Waals surface area contributed by atoms with Crippen molar-refractivity contribution in [3.63, 3.8) is 0 Å². The minimum atomic E-state index is 0.0566. The molecule has 1 heteroatoms. The molecule has 3 rings (SSSR count). The van der Waals surface area contributed by atoms with Gasteiger partial charge in [-0.1, -0.05) is 49.6 Å². The lowest BCUT2D eigenvalue weighted by molar-refractivity contribution is -0.240. The highest BCUT2D eigenvalue weighted by molar-refractivity contribution is 5.26. The van der Waals surface area contributed by atoms with E-state index in [0.717, 1.165) is 5.92 Å². The topological polar surface area (TPSA) is 9.23 Å². The van der Waals surface area contributed by atoms with Gasteiger partial charge < -0.3 is 4.74 Å². The third-order valence-corrected chi connectivity index (χ3v) is 4.53. The molecule has 2 atom stereocenters. The van der Waals surface area contributed by atoms with Crippen molar-refractivity contribution in [3.05, 3.63) is 35.9 Å². The summed E-state index contributed by atoms with van der Waals surface area (Å²) in [5.74, 6) is 0.745. The van der Waals surface area contributed by atoms with Gasteiger partial charge in [0.1, 0.15) is 0 Å². The molecule has 1 aromatic rings. The van der Waals surface area contributed by atoms with E-state index in [9.17, 15) is 0 Å². The van der Waals surface area contributed by atoms with Gasteiger partial charge in [0, 0.05) is 6.42 Å². The molecule has 2 fully saturated rings. The Balaban J connectivity index is 1.88. The molecule has 1 saturated carbocycles. The largest absolute Gasteiger partial charge is 0.367 e. The molecule has 17 heavy (non-hydrogen) atoms. The van der Waals surface area contributed by atoms with E-state index in [-0.39, 0.29) is 5.60 Å².